The Labute approximate surface area is 90.8 Å². The molecular formula is C11H19NO3. The lowest BCUT2D eigenvalue weighted by molar-refractivity contribution is 0.0266. The van der Waals surface area contributed by atoms with Crippen molar-refractivity contribution in [2.75, 3.05) is 13.1 Å². The number of nitrogens with zero attached hydrogens (tertiary/aromatic N) is 1. The Balaban J connectivity index is 2.40. The molecule has 1 atom stereocenters. The van der Waals surface area contributed by atoms with Gasteiger partial charge in [0.05, 0.1) is 12.8 Å². The Kier molecular flexibility index (Phi) is 3.61. The average Bonchev–Trinajstić information content (AvgIpc) is 2.50. The summed E-state index contributed by atoms with van der Waals surface area (Å²) in [5.74, 6) is 0. The van der Waals surface area contributed by atoms with Crippen LogP contribution in [-0.4, -0.2) is 35.8 Å². The molecule has 4 nitrogen and oxygen atoms in total. The SMILES string of the molecule is C=CO[C@@H]1CCN(C(=O)OC(C)(C)C)C1. The van der Waals surface area contributed by atoms with Gasteiger partial charge >= 0.3 is 6.09 Å². The lowest BCUT2D eigenvalue weighted by Gasteiger charge is -2.24. The molecule has 1 aliphatic rings. The third-order valence-corrected chi connectivity index (χ3v) is 2.09. The lowest BCUT2D eigenvalue weighted by atomic mass is 10.2. The number of rotatable bonds is 2. The molecule has 0 unspecified atom stereocenters. The second kappa shape index (κ2) is 4.55. The molecule has 0 aromatic rings. The first-order valence-electron chi connectivity index (χ1n) is 5.16. The van der Waals surface area contributed by atoms with Gasteiger partial charge in [-0.2, -0.15) is 0 Å². The van der Waals surface area contributed by atoms with E-state index in [4.69, 9.17) is 9.47 Å². The van der Waals surface area contributed by atoms with Crippen molar-refractivity contribution in [1.29, 1.82) is 0 Å². The van der Waals surface area contributed by atoms with Gasteiger partial charge in [-0.3, -0.25) is 0 Å². The van der Waals surface area contributed by atoms with Crippen molar-refractivity contribution in [2.24, 2.45) is 0 Å². The summed E-state index contributed by atoms with van der Waals surface area (Å²) in [5.41, 5.74) is -0.436. The van der Waals surface area contributed by atoms with Crippen molar-refractivity contribution >= 4 is 6.09 Å². The second-order valence-electron chi connectivity index (χ2n) is 4.64. The molecule has 1 amide bonds. The molecule has 0 N–H and O–H groups in total. The molecule has 1 aliphatic heterocycles. The maximum absolute atomic E-state index is 11.6. The van der Waals surface area contributed by atoms with E-state index in [9.17, 15) is 4.79 Å². The van der Waals surface area contributed by atoms with Crippen LogP contribution in [-0.2, 0) is 9.47 Å². The molecule has 1 rings (SSSR count). The van der Waals surface area contributed by atoms with Crippen LogP contribution in [0.1, 0.15) is 27.2 Å². The van der Waals surface area contributed by atoms with Gasteiger partial charge in [-0.05, 0) is 20.8 Å². The number of ether oxygens (including phenoxy) is 2. The number of carbonyl (C=O) groups excluding carboxylic acids is 1. The standard InChI is InChI=1S/C11H19NO3/c1-5-14-9-6-7-12(8-9)10(13)15-11(2,3)4/h5,9H,1,6-8H2,2-4H3/t9-/m1/s1. The van der Waals surface area contributed by atoms with Crippen molar-refractivity contribution in [3.8, 4) is 0 Å². The number of hydrogen-bond acceptors (Lipinski definition) is 3. The van der Waals surface area contributed by atoms with Crippen molar-refractivity contribution in [3.63, 3.8) is 0 Å². The smallest absolute Gasteiger partial charge is 0.410 e. The van der Waals surface area contributed by atoms with E-state index >= 15 is 0 Å². The molecule has 1 heterocycles. The third-order valence-electron chi connectivity index (χ3n) is 2.09. The molecule has 0 spiro atoms. The van der Waals surface area contributed by atoms with Gasteiger partial charge in [0.2, 0.25) is 0 Å². The lowest BCUT2D eigenvalue weighted by Crippen LogP contribution is -2.35. The number of carbonyl (C=O) groups is 1. The van der Waals surface area contributed by atoms with E-state index in [0.29, 0.717) is 13.1 Å². The zero-order valence-electron chi connectivity index (χ0n) is 9.66. The minimum Gasteiger partial charge on any atom is -0.497 e. The first-order chi connectivity index (χ1) is 6.92. The highest BCUT2D eigenvalue weighted by Gasteiger charge is 2.30. The fraction of sp³-hybridized carbons (Fsp3) is 0.727. The number of likely N-dealkylation sites (tertiary alicyclic amines) is 1. The predicted octanol–water partition coefficient (Wildman–Crippen LogP) is 2.16. The highest BCUT2D eigenvalue weighted by atomic mass is 16.6. The normalized spacial score (nSPS) is 21.3. The fourth-order valence-electron chi connectivity index (χ4n) is 1.47. The summed E-state index contributed by atoms with van der Waals surface area (Å²) in [4.78, 5) is 13.3. The van der Waals surface area contributed by atoms with E-state index in [1.807, 2.05) is 20.8 Å². The zero-order chi connectivity index (χ0) is 11.5. The molecule has 0 radical (unpaired) electrons. The Morgan fingerprint density at radius 3 is 2.73 bits per heavy atom. The zero-order valence-corrected chi connectivity index (χ0v) is 9.66. The highest BCUT2D eigenvalue weighted by Crippen LogP contribution is 2.16. The molecule has 15 heavy (non-hydrogen) atoms. The molecule has 86 valence electrons. The van der Waals surface area contributed by atoms with Crippen LogP contribution in [0.2, 0.25) is 0 Å². The molecule has 0 saturated carbocycles. The summed E-state index contributed by atoms with van der Waals surface area (Å²) < 4.78 is 10.5. The first kappa shape index (κ1) is 11.9. The third kappa shape index (κ3) is 3.81. The average molecular weight is 213 g/mol. The summed E-state index contributed by atoms with van der Waals surface area (Å²) in [7, 11) is 0. The number of hydrogen-bond donors (Lipinski definition) is 0. The Morgan fingerprint density at radius 1 is 1.53 bits per heavy atom. The Hall–Kier alpha value is -1.19. The quantitative estimate of drug-likeness (QED) is 0.660. The topological polar surface area (TPSA) is 38.8 Å². The number of amides is 1. The molecule has 4 heteroatoms. The van der Waals surface area contributed by atoms with E-state index in [0.717, 1.165) is 6.42 Å². The first-order valence-corrected chi connectivity index (χ1v) is 5.16. The van der Waals surface area contributed by atoms with Gasteiger partial charge < -0.3 is 14.4 Å². The molecule has 0 aliphatic carbocycles. The van der Waals surface area contributed by atoms with Crippen LogP contribution in [0.15, 0.2) is 12.8 Å². The van der Waals surface area contributed by atoms with E-state index < -0.39 is 5.60 Å². The molecular weight excluding hydrogens is 194 g/mol. The van der Waals surface area contributed by atoms with Gasteiger partial charge in [0.1, 0.15) is 11.7 Å². The van der Waals surface area contributed by atoms with Crippen molar-refractivity contribution in [3.05, 3.63) is 12.8 Å². The van der Waals surface area contributed by atoms with Gasteiger partial charge in [0.15, 0.2) is 0 Å². The van der Waals surface area contributed by atoms with Gasteiger partial charge in [-0.1, -0.05) is 6.58 Å². The van der Waals surface area contributed by atoms with Gasteiger partial charge in [-0.15, -0.1) is 0 Å². The van der Waals surface area contributed by atoms with Crippen molar-refractivity contribution in [1.82, 2.24) is 4.90 Å². The monoisotopic (exact) mass is 213 g/mol. The van der Waals surface area contributed by atoms with Crippen LogP contribution in [0.5, 0.6) is 0 Å². The van der Waals surface area contributed by atoms with E-state index in [-0.39, 0.29) is 12.2 Å². The predicted molar refractivity (Wildman–Crippen MR) is 57.5 cm³/mol. The van der Waals surface area contributed by atoms with Crippen LogP contribution in [0.25, 0.3) is 0 Å². The molecule has 0 aromatic heterocycles. The van der Waals surface area contributed by atoms with E-state index in [1.165, 1.54) is 6.26 Å². The minimum atomic E-state index is -0.436. The summed E-state index contributed by atoms with van der Waals surface area (Å²) in [5, 5.41) is 0. The van der Waals surface area contributed by atoms with Gasteiger partial charge in [0.25, 0.3) is 0 Å². The van der Waals surface area contributed by atoms with Crippen molar-refractivity contribution < 1.29 is 14.3 Å². The van der Waals surface area contributed by atoms with Gasteiger partial charge in [0, 0.05) is 13.0 Å². The summed E-state index contributed by atoms with van der Waals surface area (Å²) >= 11 is 0. The molecule has 0 bridgehead atoms. The Bertz CT molecular complexity index is 245. The summed E-state index contributed by atoms with van der Waals surface area (Å²) in [6.45, 7) is 10.3. The second-order valence-corrected chi connectivity index (χ2v) is 4.64. The van der Waals surface area contributed by atoms with Crippen LogP contribution in [0.3, 0.4) is 0 Å². The maximum atomic E-state index is 11.6. The Morgan fingerprint density at radius 2 is 2.20 bits per heavy atom. The molecule has 1 fully saturated rings. The van der Waals surface area contributed by atoms with Crippen LogP contribution in [0.4, 0.5) is 4.79 Å². The summed E-state index contributed by atoms with van der Waals surface area (Å²) in [6, 6.07) is 0. The fourth-order valence-corrected chi connectivity index (χ4v) is 1.47. The molecule has 0 aromatic carbocycles. The molecule has 1 saturated heterocycles. The van der Waals surface area contributed by atoms with Crippen LogP contribution < -0.4 is 0 Å². The minimum absolute atomic E-state index is 0.0648. The maximum Gasteiger partial charge on any atom is 0.410 e. The van der Waals surface area contributed by atoms with Gasteiger partial charge in [-0.25, -0.2) is 4.79 Å². The largest absolute Gasteiger partial charge is 0.497 e. The van der Waals surface area contributed by atoms with Crippen LogP contribution in [0, 0.1) is 0 Å². The van der Waals surface area contributed by atoms with E-state index in [1.54, 1.807) is 4.90 Å². The van der Waals surface area contributed by atoms with E-state index in [2.05, 4.69) is 6.58 Å². The van der Waals surface area contributed by atoms with Crippen LogP contribution >= 0.6 is 0 Å². The highest BCUT2D eigenvalue weighted by molar-refractivity contribution is 5.68. The summed E-state index contributed by atoms with van der Waals surface area (Å²) in [6.07, 6.45) is 2.06. The van der Waals surface area contributed by atoms with Crippen molar-refractivity contribution in [2.45, 2.75) is 38.9 Å².